The number of nitrogens with zero attached hydrogens (tertiary/aromatic N) is 2. The molecule has 0 spiro atoms. The molecule has 1 aromatic carbocycles. The number of hydrogen-bond donors (Lipinski definition) is 0. The summed E-state index contributed by atoms with van der Waals surface area (Å²) in [6.45, 7) is 0. The maximum Gasteiger partial charge on any atom is 0.471 e. The summed E-state index contributed by atoms with van der Waals surface area (Å²) < 4.78 is 45.6. The van der Waals surface area contributed by atoms with Crippen LogP contribution in [0.3, 0.4) is 0 Å². The summed E-state index contributed by atoms with van der Waals surface area (Å²) in [5.41, 5.74) is 0.296. The standard InChI is InChI=1S/C10H6F3N2O2/c1-16-7-4-2-6(3-5-7)8-14-9(17-15-8)10(11,12)13/h2,4-5H,1H3. The van der Waals surface area contributed by atoms with Crippen molar-refractivity contribution in [2.24, 2.45) is 0 Å². The smallest absolute Gasteiger partial charge is 0.471 e. The SMILES string of the molecule is COc1c[c]c(-c2noc(C(F)(F)F)n2)cc1. The summed E-state index contributed by atoms with van der Waals surface area (Å²) in [4.78, 5) is 3.23. The molecule has 1 radical (unpaired) electrons. The van der Waals surface area contributed by atoms with Gasteiger partial charge in [-0.15, -0.1) is 0 Å². The summed E-state index contributed by atoms with van der Waals surface area (Å²) in [7, 11) is 1.47. The first kappa shape index (κ1) is 11.4. The van der Waals surface area contributed by atoms with Crippen LogP contribution in [0.1, 0.15) is 5.89 Å². The molecule has 0 saturated heterocycles. The van der Waals surface area contributed by atoms with Gasteiger partial charge in [0.1, 0.15) is 5.75 Å². The van der Waals surface area contributed by atoms with Crippen LogP contribution in [0, 0.1) is 6.07 Å². The number of aromatic nitrogens is 2. The highest BCUT2D eigenvalue weighted by Crippen LogP contribution is 2.29. The van der Waals surface area contributed by atoms with Crippen molar-refractivity contribution in [3.8, 4) is 17.1 Å². The normalized spacial score (nSPS) is 11.5. The lowest BCUT2D eigenvalue weighted by Crippen LogP contribution is -2.04. The quantitative estimate of drug-likeness (QED) is 0.813. The van der Waals surface area contributed by atoms with E-state index in [0.29, 0.717) is 11.3 Å². The third-order valence-corrected chi connectivity index (χ3v) is 1.93. The van der Waals surface area contributed by atoms with Crippen molar-refractivity contribution in [1.29, 1.82) is 0 Å². The van der Waals surface area contributed by atoms with Crippen molar-refractivity contribution in [1.82, 2.24) is 10.1 Å². The van der Waals surface area contributed by atoms with Crippen LogP contribution in [0.25, 0.3) is 11.4 Å². The Morgan fingerprint density at radius 2 is 2.12 bits per heavy atom. The van der Waals surface area contributed by atoms with Gasteiger partial charge in [-0.25, -0.2) is 0 Å². The zero-order chi connectivity index (χ0) is 12.5. The third-order valence-electron chi connectivity index (χ3n) is 1.93. The Morgan fingerprint density at radius 1 is 1.35 bits per heavy atom. The van der Waals surface area contributed by atoms with Gasteiger partial charge in [0.15, 0.2) is 0 Å². The molecule has 2 aromatic rings. The largest absolute Gasteiger partial charge is 0.497 e. The maximum atomic E-state index is 12.2. The zero-order valence-electron chi connectivity index (χ0n) is 8.58. The molecule has 4 nitrogen and oxygen atoms in total. The van der Waals surface area contributed by atoms with Crippen LogP contribution in [0.15, 0.2) is 22.7 Å². The molecule has 89 valence electrons. The molecule has 1 heterocycles. The number of alkyl halides is 3. The Labute approximate surface area is 94.0 Å². The van der Waals surface area contributed by atoms with E-state index < -0.39 is 12.1 Å². The fourth-order valence-electron chi connectivity index (χ4n) is 1.12. The molecule has 0 unspecified atom stereocenters. The van der Waals surface area contributed by atoms with Gasteiger partial charge in [-0.2, -0.15) is 18.2 Å². The van der Waals surface area contributed by atoms with Crippen molar-refractivity contribution in [2.45, 2.75) is 6.18 Å². The van der Waals surface area contributed by atoms with E-state index in [1.165, 1.54) is 19.2 Å². The van der Waals surface area contributed by atoms with E-state index in [2.05, 4.69) is 20.7 Å². The Morgan fingerprint density at radius 3 is 2.59 bits per heavy atom. The molecule has 0 N–H and O–H groups in total. The monoisotopic (exact) mass is 243 g/mol. The predicted octanol–water partition coefficient (Wildman–Crippen LogP) is 2.56. The molecular weight excluding hydrogens is 237 g/mol. The molecule has 0 atom stereocenters. The maximum absolute atomic E-state index is 12.2. The van der Waals surface area contributed by atoms with Gasteiger partial charge < -0.3 is 9.26 Å². The highest BCUT2D eigenvalue weighted by Gasteiger charge is 2.38. The van der Waals surface area contributed by atoms with Crippen LogP contribution >= 0.6 is 0 Å². The van der Waals surface area contributed by atoms with Gasteiger partial charge >= 0.3 is 12.1 Å². The number of methoxy groups -OCH3 is 1. The van der Waals surface area contributed by atoms with Gasteiger partial charge in [-0.05, 0) is 24.3 Å². The molecule has 2 rings (SSSR count). The Bertz CT molecular complexity index is 505. The first-order valence-corrected chi connectivity index (χ1v) is 4.47. The number of ether oxygens (including phenoxy) is 1. The molecule has 0 bridgehead atoms. The molecule has 7 heteroatoms. The summed E-state index contributed by atoms with van der Waals surface area (Å²) in [5.74, 6) is -1.01. The molecular formula is C10H6F3N2O2. The van der Waals surface area contributed by atoms with Gasteiger partial charge in [-0.3, -0.25) is 0 Å². The summed E-state index contributed by atoms with van der Waals surface area (Å²) in [6, 6.07) is 7.22. The van der Waals surface area contributed by atoms with Crippen molar-refractivity contribution in [2.75, 3.05) is 7.11 Å². The van der Waals surface area contributed by atoms with Crippen LogP contribution in [0.4, 0.5) is 13.2 Å². The van der Waals surface area contributed by atoms with Gasteiger partial charge in [0.05, 0.1) is 7.11 Å². The molecule has 0 aliphatic rings. The fraction of sp³-hybridized carbons (Fsp3) is 0.200. The van der Waals surface area contributed by atoms with Crippen molar-refractivity contribution in [3.05, 3.63) is 30.2 Å². The number of hydrogen-bond acceptors (Lipinski definition) is 4. The second-order valence-electron chi connectivity index (χ2n) is 3.06. The van der Waals surface area contributed by atoms with Crippen LogP contribution < -0.4 is 4.74 Å². The highest BCUT2D eigenvalue weighted by molar-refractivity contribution is 5.54. The number of halogens is 3. The van der Waals surface area contributed by atoms with E-state index in [0.717, 1.165) is 0 Å². The van der Waals surface area contributed by atoms with E-state index in [1.54, 1.807) is 6.07 Å². The minimum atomic E-state index is -4.64. The van der Waals surface area contributed by atoms with Crippen molar-refractivity contribution >= 4 is 0 Å². The van der Waals surface area contributed by atoms with E-state index >= 15 is 0 Å². The molecule has 0 amide bonds. The van der Waals surface area contributed by atoms with E-state index in [9.17, 15) is 13.2 Å². The first-order chi connectivity index (χ1) is 8.00. The summed E-state index contributed by atoms with van der Waals surface area (Å²) in [6.07, 6.45) is -4.64. The molecule has 0 aliphatic carbocycles. The lowest BCUT2D eigenvalue weighted by Gasteiger charge is -1.98. The minimum Gasteiger partial charge on any atom is -0.497 e. The lowest BCUT2D eigenvalue weighted by atomic mass is 10.2. The summed E-state index contributed by atoms with van der Waals surface area (Å²) in [5, 5.41) is 3.23. The summed E-state index contributed by atoms with van der Waals surface area (Å²) >= 11 is 0. The van der Waals surface area contributed by atoms with E-state index in [-0.39, 0.29) is 5.82 Å². The lowest BCUT2D eigenvalue weighted by molar-refractivity contribution is -0.159. The molecule has 0 aliphatic heterocycles. The number of rotatable bonds is 2. The topological polar surface area (TPSA) is 48.2 Å². The van der Waals surface area contributed by atoms with Gasteiger partial charge in [-0.1, -0.05) is 5.16 Å². The van der Waals surface area contributed by atoms with E-state index in [4.69, 9.17) is 4.74 Å². The average Bonchev–Trinajstić information content (AvgIpc) is 2.78. The van der Waals surface area contributed by atoms with Crippen LogP contribution in [0.5, 0.6) is 5.75 Å². The van der Waals surface area contributed by atoms with E-state index in [1.807, 2.05) is 0 Å². The van der Waals surface area contributed by atoms with Gasteiger partial charge in [0.2, 0.25) is 5.82 Å². The highest BCUT2D eigenvalue weighted by atomic mass is 19.4. The van der Waals surface area contributed by atoms with Gasteiger partial charge in [0.25, 0.3) is 0 Å². The second kappa shape index (κ2) is 4.08. The number of benzene rings is 1. The Balaban J connectivity index is 2.30. The van der Waals surface area contributed by atoms with Crippen molar-refractivity contribution < 1.29 is 22.4 Å². The van der Waals surface area contributed by atoms with Gasteiger partial charge in [0, 0.05) is 5.56 Å². The molecule has 17 heavy (non-hydrogen) atoms. The Hall–Kier alpha value is -2.05. The molecule has 1 aromatic heterocycles. The molecule has 0 fully saturated rings. The van der Waals surface area contributed by atoms with Crippen LogP contribution in [-0.4, -0.2) is 17.3 Å². The fourth-order valence-corrected chi connectivity index (χ4v) is 1.12. The minimum absolute atomic E-state index is 0.167. The zero-order valence-corrected chi connectivity index (χ0v) is 8.58. The van der Waals surface area contributed by atoms with Crippen LogP contribution in [0.2, 0.25) is 0 Å². The second-order valence-corrected chi connectivity index (χ2v) is 3.06. The van der Waals surface area contributed by atoms with Crippen molar-refractivity contribution in [3.63, 3.8) is 0 Å². The van der Waals surface area contributed by atoms with Crippen LogP contribution in [-0.2, 0) is 6.18 Å². The molecule has 0 saturated carbocycles. The first-order valence-electron chi connectivity index (χ1n) is 4.47. The Kier molecular flexibility index (Phi) is 2.74. The third kappa shape index (κ3) is 2.38. The predicted molar refractivity (Wildman–Crippen MR) is 50.1 cm³/mol. The average molecular weight is 243 g/mol.